The van der Waals surface area contributed by atoms with E-state index in [0.717, 1.165) is 0 Å². The topological polar surface area (TPSA) is 113 Å². The maximum absolute atomic E-state index is 11.6. The number of carbonyl (C=O) groups is 2. The molecule has 0 saturated carbocycles. The Balaban J connectivity index is 2.30. The zero-order chi connectivity index (χ0) is 14.5. The highest BCUT2D eigenvalue weighted by Crippen LogP contribution is 2.11. The van der Waals surface area contributed by atoms with Crippen LogP contribution in [-0.4, -0.2) is 49.6 Å². The average molecular weight is 292 g/mol. The van der Waals surface area contributed by atoms with E-state index < -0.39 is 27.8 Å². The van der Waals surface area contributed by atoms with E-state index in [9.17, 15) is 18.0 Å². The van der Waals surface area contributed by atoms with Crippen molar-refractivity contribution >= 4 is 21.8 Å². The maximum atomic E-state index is 11.6. The van der Waals surface area contributed by atoms with Crippen molar-refractivity contribution < 1.29 is 23.1 Å². The summed E-state index contributed by atoms with van der Waals surface area (Å²) < 4.78 is 22.4. The summed E-state index contributed by atoms with van der Waals surface area (Å²) >= 11 is 0. The first kappa shape index (κ1) is 15.7. The standard InChI is InChI=1S/C11H20N2O5S/c1-2-8(10(14)15)7-12-11(16)13-9-3-5-19(17,18)6-4-9/h8-9H,2-7H2,1H3,(H,14,15)(H2,12,13,16). The van der Waals surface area contributed by atoms with Crippen molar-refractivity contribution in [3.8, 4) is 0 Å². The van der Waals surface area contributed by atoms with Crippen molar-refractivity contribution in [2.45, 2.75) is 32.2 Å². The predicted octanol–water partition coefficient (Wildman–Crippen LogP) is -0.0264. The smallest absolute Gasteiger partial charge is 0.315 e. The van der Waals surface area contributed by atoms with Crippen molar-refractivity contribution in [1.29, 1.82) is 0 Å². The second-order valence-electron chi connectivity index (χ2n) is 4.72. The monoisotopic (exact) mass is 292 g/mol. The van der Waals surface area contributed by atoms with Crippen LogP contribution in [0.2, 0.25) is 0 Å². The molecule has 8 heteroatoms. The summed E-state index contributed by atoms with van der Waals surface area (Å²) in [6, 6.07) is -0.600. The van der Waals surface area contributed by atoms with Crippen LogP contribution in [0.15, 0.2) is 0 Å². The number of hydrogen-bond acceptors (Lipinski definition) is 4. The first-order chi connectivity index (χ1) is 8.84. The fourth-order valence-electron chi connectivity index (χ4n) is 1.89. The Bertz CT molecular complexity index is 420. The summed E-state index contributed by atoms with van der Waals surface area (Å²) in [5.41, 5.74) is 0. The molecule has 1 atom stereocenters. The minimum Gasteiger partial charge on any atom is -0.481 e. The number of hydrogen-bond donors (Lipinski definition) is 3. The van der Waals surface area contributed by atoms with E-state index in [4.69, 9.17) is 5.11 Å². The van der Waals surface area contributed by atoms with Crippen molar-refractivity contribution in [3.05, 3.63) is 0 Å². The zero-order valence-electron chi connectivity index (χ0n) is 10.9. The van der Waals surface area contributed by atoms with Crippen LogP contribution in [0.3, 0.4) is 0 Å². The van der Waals surface area contributed by atoms with E-state index in [0.29, 0.717) is 19.3 Å². The summed E-state index contributed by atoms with van der Waals surface area (Å²) in [5, 5.41) is 14.0. The molecule has 0 aliphatic carbocycles. The number of nitrogens with one attached hydrogen (secondary N) is 2. The Hall–Kier alpha value is -1.31. The number of sulfone groups is 1. The molecule has 0 radical (unpaired) electrons. The van der Waals surface area contributed by atoms with Crippen LogP contribution in [0.5, 0.6) is 0 Å². The molecule has 0 aromatic rings. The Kier molecular flexibility index (Phi) is 5.59. The lowest BCUT2D eigenvalue weighted by Gasteiger charge is -2.23. The van der Waals surface area contributed by atoms with Gasteiger partial charge < -0.3 is 15.7 Å². The Labute approximate surface area is 112 Å². The molecule has 1 rings (SSSR count). The third-order valence-corrected chi connectivity index (χ3v) is 4.96. The fourth-order valence-corrected chi connectivity index (χ4v) is 3.38. The van der Waals surface area contributed by atoms with Crippen LogP contribution in [-0.2, 0) is 14.6 Å². The van der Waals surface area contributed by atoms with E-state index in [2.05, 4.69) is 10.6 Å². The number of rotatable bonds is 5. The average Bonchev–Trinajstić information content (AvgIpc) is 2.32. The normalized spacial score (nSPS) is 20.5. The number of aliphatic carboxylic acids is 1. The van der Waals surface area contributed by atoms with Crippen LogP contribution in [0, 0.1) is 5.92 Å². The third-order valence-electron chi connectivity index (χ3n) is 3.24. The van der Waals surface area contributed by atoms with Gasteiger partial charge in [-0.1, -0.05) is 6.92 Å². The quantitative estimate of drug-likeness (QED) is 0.659. The highest BCUT2D eigenvalue weighted by molar-refractivity contribution is 7.91. The summed E-state index contributed by atoms with van der Waals surface area (Å²) in [7, 11) is -2.94. The molecule has 3 N–H and O–H groups in total. The van der Waals surface area contributed by atoms with Gasteiger partial charge >= 0.3 is 12.0 Å². The SMILES string of the molecule is CCC(CNC(=O)NC1CCS(=O)(=O)CC1)C(=O)O. The highest BCUT2D eigenvalue weighted by atomic mass is 32.2. The van der Waals surface area contributed by atoms with Gasteiger partial charge in [0.15, 0.2) is 0 Å². The van der Waals surface area contributed by atoms with E-state index >= 15 is 0 Å². The molecule has 0 spiro atoms. The Morgan fingerprint density at radius 2 is 1.89 bits per heavy atom. The molecule has 0 bridgehead atoms. The molecule has 1 aliphatic rings. The molecular formula is C11H20N2O5S. The van der Waals surface area contributed by atoms with Crippen molar-refractivity contribution in [2.75, 3.05) is 18.1 Å². The fraction of sp³-hybridized carbons (Fsp3) is 0.818. The zero-order valence-corrected chi connectivity index (χ0v) is 11.7. The second-order valence-corrected chi connectivity index (χ2v) is 7.03. The van der Waals surface area contributed by atoms with Gasteiger partial charge in [0.2, 0.25) is 0 Å². The van der Waals surface area contributed by atoms with Crippen LogP contribution in [0.4, 0.5) is 4.79 Å². The number of urea groups is 1. The van der Waals surface area contributed by atoms with Gasteiger partial charge in [-0.15, -0.1) is 0 Å². The van der Waals surface area contributed by atoms with Crippen LogP contribution < -0.4 is 10.6 Å². The molecule has 1 heterocycles. The Morgan fingerprint density at radius 3 is 2.37 bits per heavy atom. The number of carboxylic acids is 1. The van der Waals surface area contributed by atoms with E-state index in [1.165, 1.54) is 0 Å². The molecule has 7 nitrogen and oxygen atoms in total. The third kappa shape index (κ3) is 5.46. The molecule has 0 aromatic heterocycles. The van der Waals surface area contributed by atoms with Crippen LogP contribution in [0.25, 0.3) is 0 Å². The van der Waals surface area contributed by atoms with Gasteiger partial charge in [0.25, 0.3) is 0 Å². The summed E-state index contributed by atoms with van der Waals surface area (Å²) in [6.07, 6.45) is 1.26. The first-order valence-corrected chi connectivity index (χ1v) is 8.13. The maximum Gasteiger partial charge on any atom is 0.315 e. The van der Waals surface area contributed by atoms with Crippen LogP contribution in [0.1, 0.15) is 26.2 Å². The van der Waals surface area contributed by atoms with E-state index in [1.54, 1.807) is 6.92 Å². The largest absolute Gasteiger partial charge is 0.481 e. The van der Waals surface area contributed by atoms with Gasteiger partial charge in [0.05, 0.1) is 17.4 Å². The number of amides is 2. The minimum absolute atomic E-state index is 0.0721. The number of carbonyl (C=O) groups excluding carboxylic acids is 1. The minimum atomic E-state index is -2.94. The molecule has 1 saturated heterocycles. The Morgan fingerprint density at radius 1 is 1.32 bits per heavy atom. The molecular weight excluding hydrogens is 272 g/mol. The molecule has 1 unspecified atom stereocenters. The van der Waals surface area contributed by atoms with Gasteiger partial charge in [-0.05, 0) is 19.3 Å². The lowest BCUT2D eigenvalue weighted by Crippen LogP contribution is -2.47. The lowest BCUT2D eigenvalue weighted by molar-refractivity contribution is -0.141. The molecule has 110 valence electrons. The number of carboxylic acid groups (broad SMARTS) is 1. The van der Waals surface area contributed by atoms with Gasteiger partial charge in [-0.25, -0.2) is 13.2 Å². The second kappa shape index (κ2) is 6.74. The lowest BCUT2D eigenvalue weighted by atomic mass is 10.1. The first-order valence-electron chi connectivity index (χ1n) is 6.31. The van der Waals surface area contributed by atoms with Crippen molar-refractivity contribution in [1.82, 2.24) is 10.6 Å². The van der Waals surface area contributed by atoms with Gasteiger partial charge in [0.1, 0.15) is 9.84 Å². The van der Waals surface area contributed by atoms with Crippen LogP contribution >= 0.6 is 0 Å². The molecule has 2 amide bonds. The van der Waals surface area contributed by atoms with Crippen molar-refractivity contribution in [2.24, 2.45) is 5.92 Å². The van der Waals surface area contributed by atoms with Gasteiger partial charge in [-0.2, -0.15) is 0 Å². The summed E-state index contributed by atoms with van der Waals surface area (Å²) in [6.45, 7) is 1.81. The highest BCUT2D eigenvalue weighted by Gasteiger charge is 2.25. The van der Waals surface area contributed by atoms with Gasteiger partial charge in [-0.3, -0.25) is 4.79 Å². The molecule has 1 aliphatic heterocycles. The summed E-state index contributed by atoms with van der Waals surface area (Å²) in [4.78, 5) is 22.3. The molecule has 19 heavy (non-hydrogen) atoms. The van der Waals surface area contributed by atoms with Crippen molar-refractivity contribution in [3.63, 3.8) is 0 Å². The molecule has 1 fully saturated rings. The predicted molar refractivity (Wildman–Crippen MR) is 69.6 cm³/mol. The van der Waals surface area contributed by atoms with E-state index in [-0.39, 0.29) is 24.1 Å². The van der Waals surface area contributed by atoms with E-state index in [1.807, 2.05) is 0 Å². The van der Waals surface area contributed by atoms with Gasteiger partial charge in [0, 0.05) is 12.6 Å². The molecule has 0 aromatic carbocycles. The summed E-state index contributed by atoms with van der Waals surface area (Å²) in [5.74, 6) is -1.36.